The molecule has 3 aromatic carbocycles. The number of anilines is 1. The van der Waals surface area contributed by atoms with Gasteiger partial charge in [-0.2, -0.15) is 5.01 Å². The minimum atomic E-state index is -1.38. The number of phenols is 1. The third kappa shape index (κ3) is 4.72. The van der Waals surface area contributed by atoms with Gasteiger partial charge in [0.05, 0.1) is 41.7 Å². The summed E-state index contributed by atoms with van der Waals surface area (Å²) in [4.78, 5) is 60.8. The van der Waals surface area contributed by atoms with Crippen LogP contribution in [0.15, 0.2) is 114 Å². The van der Waals surface area contributed by atoms with Gasteiger partial charge in [-0.05, 0) is 78.6 Å². The molecule has 3 fully saturated rings. The number of amides is 4. The van der Waals surface area contributed by atoms with Crippen LogP contribution < -0.4 is 10.2 Å². The van der Waals surface area contributed by atoms with Crippen LogP contribution in [-0.2, 0) is 37.6 Å². The van der Waals surface area contributed by atoms with E-state index < -0.39 is 35.0 Å². The molecule has 0 unspecified atom stereocenters. The number of fused-ring (bicyclic) bond motifs is 5. The lowest BCUT2D eigenvalue weighted by Crippen LogP contribution is -2.55. The zero-order chi connectivity index (χ0) is 35.0. The van der Waals surface area contributed by atoms with E-state index in [2.05, 4.69) is 11.5 Å². The van der Waals surface area contributed by atoms with Gasteiger partial charge in [0.2, 0.25) is 11.8 Å². The second kappa shape index (κ2) is 11.8. The number of allylic oxidation sites excluding steroid dienone is 3. The average molecular weight is 698 g/mol. The van der Waals surface area contributed by atoms with Crippen molar-refractivity contribution in [3.63, 3.8) is 0 Å². The first-order valence-corrected chi connectivity index (χ1v) is 18.2. The molecule has 4 amide bonds. The Morgan fingerprint density at radius 2 is 1.73 bits per heavy atom. The highest BCUT2D eigenvalue weighted by Gasteiger charge is 2.70. The smallest absolute Gasteiger partial charge is 0.260 e. The van der Waals surface area contributed by atoms with Crippen LogP contribution in [0.2, 0.25) is 0 Å². The Morgan fingerprint density at radius 3 is 2.49 bits per heavy atom. The Hall–Kier alpha value is -5.48. The number of carbonyl (C=O) groups excluding carboxylic acids is 4. The lowest BCUT2D eigenvalue weighted by Gasteiger charge is -2.51. The van der Waals surface area contributed by atoms with Crippen LogP contribution in [0, 0.1) is 36.5 Å². The summed E-state index contributed by atoms with van der Waals surface area (Å²) in [5.74, 6) is -3.65. The first-order chi connectivity index (χ1) is 24.8. The molecule has 0 bridgehead atoms. The molecule has 3 aliphatic heterocycles. The van der Waals surface area contributed by atoms with Gasteiger partial charge in [-0.15, -0.1) is 11.3 Å². The maximum atomic E-state index is 15.3. The number of hydrazine groups is 1. The monoisotopic (exact) mass is 697 g/mol. The van der Waals surface area contributed by atoms with Gasteiger partial charge in [-0.25, -0.2) is 0 Å². The van der Waals surface area contributed by atoms with Gasteiger partial charge < -0.3 is 9.84 Å². The summed E-state index contributed by atoms with van der Waals surface area (Å²) in [6.07, 6.45) is 4.68. The molecule has 1 aromatic heterocycles. The van der Waals surface area contributed by atoms with Crippen LogP contribution in [0.25, 0.3) is 0 Å². The normalized spacial score (nSPS) is 28.0. The zero-order valence-electron chi connectivity index (χ0n) is 27.8. The molecule has 10 heteroatoms. The summed E-state index contributed by atoms with van der Waals surface area (Å²) in [6, 6.07) is 25.7. The van der Waals surface area contributed by atoms with Gasteiger partial charge in [0.25, 0.3) is 11.8 Å². The van der Waals surface area contributed by atoms with E-state index in [1.165, 1.54) is 21.2 Å². The van der Waals surface area contributed by atoms with Crippen LogP contribution >= 0.6 is 11.3 Å². The van der Waals surface area contributed by atoms with E-state index in [-0.39, 0.29) is 42.3 Å². The number of nitrogens with zero attached hydrogens (tertiary/aromatic N) is 2. The number of nitrogens with one attached hydrogen (secondary N) is 1. The Bertz CT molecular complexity index is 2160. The number of benzene rings is 3. The molecule has 51 heavy (non-hydrogen) atoms. The molecule has 9 nitrogen and oxygen atoms in total. The number of rotatable bonds is 6. The second-order valence-electron chi connectivity index (χ2n) is 14.2. The molecule has 1 saturated carbocycles. The van der Waals surface area contributed by atoms with Crippen molar-refractivity contribution in [2.24, 2.45) is 29.6 Å². The molecule has 4 aromatic rings. The van der Waals surface area contributed by atoms with Crippen LogP contribution in [0.4, 0.5) is 5.69 Å². The number of aryl methyl sites for hydroxylation is 1. The maximum Gasteiger partial charge on any atom is 0.260 e. The fraction of sp³-hybridized carbons (Fsp3) is 0.268. The van der Waals surface area contributed by atoms with Crippen LogP contribution in [0.3, 0.4) is 0 Å². The molecule has 4 heterocycles. The van der Waals surface area contributed by atoms with E-state index in [9.17, 15) is 19.5 Å². The van der Waals surface area contributed by atoms with Gasteiger partial charge in [-0.3, -0.25) is 29.5 Å². The summed E-state index contributed by atoms with van der Waals surface area (Å²) in [6.45, 7) is 2.19. The Morgan fingerprint density at radius 1 is 0.922 bits per heavy atom. The molecule has 2 aliphatic carbocycles. The van der Waals surface area contributed by atoms with Crippen LogP contribution in [0.5, 0.6) is 11.5 Å². The van der Waals surface area contributed by atoms with E-state index in [0.717, 1.165) is 27.2 Å². The third-order valence-electron chi connectivity index (χ3n) is 11.5. The highest BCUT2D eigenvalue weighted by Crippen LogP contribution is 2.63. The molecular weight excluding hydrogens is 663 g/mol. The Kier molecular flexibility index (Phi) is 7.29. The van der Waals surface area contributed by atoms with Crippen molar-refractivity contribution in [3.8, 4) is 11.5 Å². The third-order valence-corrected chi connectivity index (χ3v) is 12.4. The van der Waals surface area contributed by atoms with Gasteiger partial charge in [0.15, 0.2) is 0 Å². The predicted octanol–water partition coefficient (Wildman–Crippen LogP) is 6.30. The van der Waals surface area contributed by atoms with Crippen LogP contribution in [-0.4, -0.2) is 38.6 Å². The van der Waals surface area contributed by atoms with Crippen molar-refractivity contribution in [3.05, 3.63) is 135 Å². The van der Waals surface area contributed by atoms with E-state index in [4.69, 9.17) is 4.74 Å². The Balaban J connectivity index is 1.21. The first-order valence-electron chi connectivity index (χ1n) is 17.3. The number of phenolic OH excluding ortho intramolecular Hbond substituents is 1. The van der Waals surface area contributed by atoms with Crippen LogP contribution in [0.1, 0.15) is 34.4 Å². The van der Waals surface area contributed by atoms with Crippen molar-refractivity contribution in [1.82, 2.24) is 9.91 Å². The van der Waals surface area contributed by atoms with Crippen molar-refractivity contribution >= 4 is 40.7 Å². The maximum absolute atomic E-state index is 15.3. The second-order valence-corrected chi connectivity index (χ2v) is 15.2. The SMILES string of the molecule is Cc1ccc(NN2C(=O)[C@@H]3C[C@@H]4C(=CC[C@@H]5C(=O)N(Cc6cccs6)C(=O)[C@@H]54)[C@H](C4=COc5ccc(O)cc5C4)[C@]3(c3ccccc3)C2=O)cc1. The minimum Gasteiger partial charge on any atom is -0.508 e. The number of likely N-dealkylation sites (tertiary alicyclic amines) is 1. The van der Waals surface area contributed by atoms with E-state index in [0.29, 0.717) is 29.8 Å². The number of imide groups is 2. The largest absolute Gasteiger partial charge is 0.508 e. The minimum absolute atomic E-state index is 0.0944. The standard InChI is InChI=1S/C41H35N3O6S/c1-23-9-11-27(12-10-23)42-44-38(47)33-20-32-30(14-15-31-35(32)39(48)43(37(31)46)21-29-8-5-17-51-29)36(41(33,40(44)49)26-6-3-2-4-7-26)25-18-24-19-28(45)13-16-34(24)50-22-25/h2-14,16-17,19,22,31-33,35-36,42,45H,15,18,20-21H2,1H3/t31-,32+,33-,35-,36-,41+/m0/s1. The molecule has 0 spiro atoms. The van der Waals surface area contributed by atoms with Crippen molar-refractivity contribution in [2.45, 2.75) is 38.1 Å². The lowest BCUT2D eigenvalue weighted by molar-refractivity contribution is -0.141. The van der Waals surface area contributed by atoms with E-state index in [1.807, 2.05) is 79.0 Å². The number of hydrogen-bond donors (Lipinski definition) is 2. The Labute approximate surface area is 298 Å². The highest BCUT2D eigenvalue weighted by atomic mass is 32.1. The number of ether oxygens (including phenoxy) is 1. The summed E-state index contributed by atoms with van der Waals surface area (Å²) >= 11 is 1.50. The number of aromatic hydroxyl groups is 1. The molecule has 256 valence electrons. The molecular formula is C41H35N3O6S. The van der Waals surface area contributed by atoms with Crippen molar-refractivity contribution < 1.29 is 29.0 Å². The molecule has 2 saturated heterocycles. The molecule has 0 radical (unpaired) electrons. The van der Waals surface area contributed by atoms with Crippen molar-refractivity contribution in [1.29, 1.82) is 0 Å². The molecule has 2 N–H and O–H groups in total. The van der Waals surface area contributed by atoms with Gasteiger partial charge in [0, 0.05) is 22.8 Å². The topological polar surface area (TPSA) is 116 Å². The summed E-state index contributed by atoms with van der Waals surface area (Å²) in [5.41, 5.74) is 6.51. The molecule has 6 atom stereocenters. The zero-order valence-corrected chi connectivity index (χ0v) is 28.6. The number of carbonyl (C=O) groups is 4. The summed E-state index contributed by atoms with van der Waals surface area (Å²) in [7, 11) is 0. The number of hydrogen-bond acceptors (Lipinski definition) is 8. The molecule has 9 rings (SSSR count). The van der Waals surface area contributed by atoms with Gasteiger partial charge in [-0.1, -0.05) is 65.7 Å². The first kappa shape index (κ1) is 31.5. The predicted molar refractivity (Wildman–Crippen MR) is 190 cm³/mol. The van der Waals surface area contributed by atoms with Gasteiger partial charge >= 0.3 is 0 Å². The lowest BCUT2D eigenvalue weighted by atomic mass is 9.48. The fourth-order valence-corrected chi connectivity index (χ4v) is 10.0. The number of thiophene rings is 1. The molecule has 5 aliphatic rings. The highest BCUT2D eigenvalue weighted by molar-refractivity contribution is 7.09. The summed E-state index contributed by atoms with van der Waals surface area (Å²) < 4.78 is 6.20. The van der Waals surface area contributed by atoms with Crippen molar-refractivity contribution in [2.75, 3.05) is 5.43 Å². The average Bonchev–Trinajstić information content (AvgIpc) is 3.81. The summed E-state index contributed by atoms with van der Waals surface area (Å²) in [5, 5.41) is 13.5. The fourth-order valence-electron chi connectivity index (χ4n) is 9.34. The van der Waals surface area contributed by atoms with Gasteiger partial charge in [0.1, 0.15) is 11.5 Å². The quantitative estimate of drug-likeness (QED) is 0.180. The van der Waals surface area contributed by atoms with E-state index in [1.54, 1.807) is 24.5 Å². The van der Waals surface area contributed by atoms with E-state index >= 15 is 4.79 Å².